The molecule has 168 valence electrons. The van der Waals surface area contributed by atoms with Crippen molar-refractivity contribution in [3.8, 4) is 0 Å². The van der Waals surface area contributed by atoms with Gasteiger partial charge in [-0.05, 0) is 55.8 Å². The van der Waals surface area contributed by atoms with Gasteiger partial charge >= 0.3 is 7.32 Å². The Kier molecular flexibility index (Phi) is 27.0. The van der Waals surface area contributed by atoms with Crippen LogP contribution in [0.15, 0.2) is 0 Å². The summed E-state index contributed by atoms with van der Waals surface area (Å²) in [7, 11) is -0.493. The Morgan fingerprint density at radius 1 is 0.357 bits per heavy atom. The van der Waals surface area contributed by atoms with Crippen LogP contribution in [0.25, 0.3) is 0 Å². The van der Waals surface area contributed by atoms with E-state index in [0.29, 0.717) is 0 Å². The molecule has 0 unspecified atom stereocenters. The van der Waals surface area contributed by atoms with Gasteiger partial charge in [0.15, 0.2) is 0 Å². The van der Waals surface area contributed by atoms with Gasteiger partial charge in [0, 0.05) is 19.8 Å². The van der Waals surface area contributed by atoms with Crippen LogP contribution in [0.1, 0.15) is 96.3 Å². The van der Waals surface area contributed by atoms with Crippen molar-refractivity contribution in [3.05, 3.63) is 0 Å². The Morgan fingerprint density at radius 2 is 0.607 bits per heavy atom. The fraction of sp³-hybridized carbons (Fsp3) is 1.00. The maximum Gasteiger partial charge on any atom is 0.639 e. The first kappa shape index (κ1) is 29.0. The number of hydrogen-bond acceptors (Lipinski definition) is 6. The summed E-state index contributed by atoms with van der Waals surface area (Å²) >= 11 is 12.8. The van der Waals surface area contributed by atoms with Gasteiger partial charge in [-0.25, -0.2) is 0 Å². The number of rotatable bonds is 24. The third-order valence-electron chi connectivity index (χ3n) is 4.67. The fourth-order valence-corrected chi connectivity index (χ4v) is 3.59. The zero-order valence-corrected chi connectivity index (χ0v) is 20.7. The molecule has 7 heteroatoms. The lowest BCUT2D eigenvalue weighted by Crippen LogP contribution is -2.28. The SMILES string of the molecule is SCCCCCCCOB(OCCCCCCCS)OCCCCCCCS. The molecule has 0 aliphatic heterocycles. The summed E-state index contributed by atoms with van der Waals surface area (Å²) in [6, 6.07) is 0. The van der Waals surface area contributed by atoms with Crippen LogP contribution in [-0.4, -0.2) is 44.4 Å². The summed E-state index contributed by atoms with van der Waals surface area (Å²) in [5, 5.41) is 0. The van der Waals surface area contributed by atoms with Crippen LogP contribution in [0.4, 0.5) is 0 Å². The fourth-order valence-electron chi connectivity index (χ4n) is 2.92. The third kappa shape index (κ3) is 23.3. The van der Waals surface area contributed by atoms with E-state index < -0.39 is 7.32 Å². The average molecular weight is 453 g/mol. The lowest BCUT2D eigenvalue weighted by Gasteiger charge is -2.15. The third-order valence-corrected chi connectivity index (χ3v) is 5.62. The Labute approximate surface area is 192 Å². The van der Waals surface area contributed by atoms with Gasteiger partial charge in [-0.2, -0.15) is 37.9 Å². The Hall–Kier alpha value is 0.995. The van der Waals surface area contributed by atoms with Gasteiger partial charge in [0.1, 0.15) is 0 Å². The Morgan fingerprint density at radius 3 is 0.893 bits per heavy atom. The van der Waals surface area contributed by atoms with Crippen molar-refractivity contribution in [2.75, 3.05) is 37.1 Å². The van der Waals surface area contributed by atoms with E-state index in [9.17, 15) is 0 Å². The normalized spacial score (nSPS) is 11.2. The highest BCUT2D eigenvalue weighted by Crippen LogP contribution is 2.08. The number of hydrogen-bond donors (Lipinski definition) is 3. The van der Waals surface area contributed by atoms with Crippen molar-refractivity contribution in [2.24, 2.45) is 0 Å². The standard InChI is InChI=1S/C21H45BO3S3/c26-19-13-7-1-4-10-16-23-22(24-17-11-5-2-8-14-20-27)25-18-12-6-3-9-15-21-28/h26-28H,1-21H2. The van der Waals surface area contributed by atoms with Gasteiger partial charge < -0.3 is 14.0 Å². The van der Waals surface area contributed by atoms with E-state index in [0.717, 1.165) is 56.3 Å². The molecule has 3 nitrogen and oxygen atoms in total. The highest BCUT2D eigenvalue weighted by atomic mass is 32.1. The van der Waals surface area contributed by atoms with Crippen LogP contribution >= 0.6 is 37.9 Å². The second-order valence-electron chi connectivity index (χ2n) is 7.38. The lowest BCUT2D eigenvalue weighted by atomic mass is 10.1. The topological polar surface area (TPSA) is 27.7 Å². The minimum Gasteiger partial charge on any atom is -0.386 e. The maximum absolute atomic E-state index is 5.86. The molecule has 0 spiro atoms. The molecule has 0 heterocycles. The Bertz CT molecular complexity index is 247. The molecule has 0 atom stereocenters. The van der Waals surface area contributed by atoms with Crippen LogP contribution in [0, 0.1) is 0 Å². The van der Waals surface area contributed by atoms with Crippen molar-refractivity contribution < 1.29 is 14.0 Å². The van der Waals surface area contributed by atoms with Crippen molar-refractivity contribution >= 4 is 45.2 Å². The second-order valence-corrected chi connectivity index (χ2v) is 8.72. The van der Waals surface area contributed by atoms with Crippen LogP contribution in [0.5, 0.6) is 0 Å². The molecule has 0 amide bonds. The van der Waals surface area contributed by atoms with E-state index in [1.165, 1.54) is 77.0 Å². The van der Waals surface area contributed by atoms with Crippen LogP contribution < -0.4 is 0 Å². The van der Waals surface area contributed by atoms with Gasteiger partial charge in [-0.15, -0.1) is 0 Å². The molecule has 28 heavy (non-hydrogen) atoms. The van der Waals surface area contributed by atoms with E-state index in [4.69, 9.17) is 14.0 Å². The summed E-state index contributed by atoms with van der Waals surface area (Å²) in [5.41, 5.74) is 0. The molecule has 0 aromatic carbocycles. The predicted molar refractivity (Wildman–Crippen MR) is 134 cm³/mol. The molecule has 0 bridgehead atoms. The molecule has 0 fully saturated rings. The van der Waals surface area contributed by atoms with Crippen molar-refractivity contribution in [1.29, 1.82) is 0 Å². The summed E-state index contributed by atoms with van der Waals surface area (Å²) in [4.78, 5) is 0. The monoisotopic (exact) mass is 452 g/mol. The molecule has 0 rings (SSSR count). The lowest BCUT2D eigenvalue weighted by molar-refractivity contribution is 0.0885. The first-order chi connectivity index (χ1) is 13.8. The van der Waals surface area contributed by atoms with E-state index in [1.54, 1.807) is 0 Å². The summed E-state index contributed by atoms with van der Waals surface area (Å²) in [5.74, 6) is 2.97. The van der Waals surface area contributed by atoms with Gasteiger partial charge in [0.05, 0.1) is 0 Å². The highest BCUT2D eigenvalue weighted by Gasteiger charge is 2.20. The molecule has 0 aromatic heterocycles. The van der Waals surface area contributed by atoms with Gasteiger partial charge in [-0.1, -0.05) is 57.8 Å². The Balaban J connectivity index is 3.80. The van der Waals surface area contributed by atoms with Crippen molar-refractivity contribution in [2.45, 2.75) is 96.3 Å². The van der Waals surface area contributed by atoms with Crippen molar-refractivity contribution in [1.82, 2.24) is 0 Å². The highest BCUT2D eigenvalue weighted by molar-refractivity contribution is 7.80. The first-order valence-electron chi connectivity index (χ1n) is 11.5. The van der Waals surface area contributed by atoms with Gasteiger partial charge in [0.2, 0.25) is 0 Å². The molecule has 0 saturated heterocycles. The smallest absolute Gasteiger partial charge is 0.386 e. The van der Waals surface area contributed by atoms with E-state index in [-0.39, 0.29) is 0 Å². The van der Waals surface area contributed by atoms with E-state index >= 15 is 0 Å². The summed E-state index contributed by atoms with van der Waals surface area (Å²) in [6.45, 7) is 2.15. The second kappa shape index (κ2) is 26.0. The molecular formula is C21H45BO3S3. The zero-order chi connectivity index (χ0) is 20.5. The summed E-state index contributed by atoms with van der Waals surface area (Å²) in [6.07, 6.45) is 18.0. The van der Waals surface area contributed by atoms with Crippen LogP contribution in [-0.2, 0) is 14.0 Å². The molecule has 0 N–H and O–H groups in total. The minimum atomic E-state index is -0.493. The maximum atomic E-state index is 5.86. The van der Waals surface area contributed by atoms with Crippen LogP contribution in [0.3, 0.4) is 0 Å². The molecule has 0 saturated carbocycles. The van der Waals surface area contributed by atoms with E-state index in [2.05, 4.69) is 37.9 Å². The molecular weight excluding hydrogens is 407 g/mol. The zero-order valence-electron chi connectivity index (χ0n) is 18.0. The summed E-state index contributed by atoms with van der Waals surface area (Å²) < 4.78 is 17.6. The average Bonchev–Trinajstić information content (AvgIpc) is 2.71. The number of unbranched alkanes of at least 4 members (excludes halogenated alkanes) is 12. The minimum absolute atomic E-state index is 0.493. The molecule has 0 aliphatic rings. The number of thiol groups is 3. The molecule has 0 aromatic rings. The largest absolute Gasteiger partial charge is 0.639 e. The van der Waals surface area contributed by atoms with Gasteiger partial charge in [-0.3, -0.25) is 0 Å². The van der Waals surface area contributed by atoms with E-state index in [1.807, 2.05) is 0 Å². The van der Waals surface area contributed by atoms with Crippen molar-refractivity contribution in [3.63, 3.8) is 0 Å². The molecule has 0 radical (unpaired) electrons. The first-order valence-corrected chi connectivity index (χ1v) is 13.4. The quantitative estimate of drug-likeness (QED) is 0.0868. The molecule has 0 aliphatic carbocycles. The van der Waals surface area contributed by atoms with Gasteiger partial charge in [0.25, 0.3) is 0 Å². The predicted octanol–water partition coefficient (Wildman–Crippen LogP) is 6.66. The van der Waals surface area contributed by atoms with Crippen LogP contribution in [0.2, 0.25) is 0 Å².